The van der Waals surface area contributed by atoms with Gasteiger partial charge in [-0.3, -0.25) is 14.9 Å². The molecule has 2 aromatic rings. The van der Waals surface area contributed by atoms with Crippen LogP contribution >= 0.6 is 0 Å². The zero-order valence-electron chi connectivity index (χ0n) is 17.1. The number of carbonyl (C=O) groups excluding carboxylic acids is 2. The van der Waals surface area contributed by atoms with Crippen LogP contribution in [0.5, 0.6) is 0 Å². The van der Waals surface area contributed by atoms with Crippen molar-refractivity contribution < 1.29 is 19.2 Å². The third kappa shape index (κ3) is 3.99. The molecule has 0 saturated heterocycles. The molecule has 1 aliphatic heterocycles. The van der Waals surface area contributed by atoms with Crippen LogP contribution in [0.15, 0.2) is 77.1 Å². The summed E-state index contributed by atoms with van der Waals surface area (Å²) in [5.41, 5.74) is 2.97. The number of rotatable bonds is 5. The van der Waals surface area contributed by atoms with Crippen molar-refractivity contribution in [1.29, 1.82) is 0 Å². The molecule has 0 fully saturated rings. The number of ketones is 1. The summed E-state index contributed by atoms with van der Waals surface area (Å²) in [7, 11) is 0. The number of hydrogen-bond donors (Lipinski definition) is 1. The standard InChI is InChI=1S/C24H22N2O5/c1-15-21(24(28)31-14-16-8-3-2-4-9-16)22(17-10-5-6-12-19(17)26(29)30)23-18(25-15)11-7-13-20(23)27/h2-6,8-10,12,22,25H,7,11,13-14H2,1H3. The normalized spacial score (nSPS) is 18.4. The van der Waals surface area contributed by atoms with Gasteiger partial charge in [0.1, 0.15) is 6.61 Å². The quantitative estimate of drug-likeness (QED) is 0.441. The number of hydrogen-bond acceptors (Lipinski definition) is 6. The Kier molecular flexibility index (Phi) is 5.66. The number of nitro groups is 1. The Morgan fingerprint density at radius 2 is 1.84 bits per heavy atom. The zero-order chi connectivity index (χ0) is 22.0. The number of ether oxygens (including phenoxy) is 1. The number of esters is 1. The van der Waals surface area contributed by atoms with E-state index in [9.17, 15) is 19.7 Å². The van der Waals surface area contributed by atoms with E-state index in [1.807, 2.05) is 30.3 Å². The minimum absolute atomic E-state index is 0.0694. The SMILES string of the molecule is CC1=C(C(=O)OCc2ccccc2)C(c2ccccc2[N+](=O)[O-])C2=C(CCCC2=O)N1. The fraction of sp³-hybridized carbons (Fsp3) is 0.250. The number of nitrogens with one attached hydrogen (secondary N) is 1. The Morgan fingerprint density at radius 3 is 2.58 bits per heavy atom. The molecule has 1 atom stereocenters. The van der Waals surface area contributed by atoms with Gasteiger partial charge in [-0.15, -0.1) is 0 Å². The number of carbonyl (C=O) groups is 2. The second-order valence-corrected chi connectivity index (χ2v) is 7.64. The minimum atomic E-state index is -0.839. The first-order valence-corrected chi connectivity index (χ1v) is 10.2. The van der Waals surface area contributed by atoms with Gasteiger partial charge < -0.3 is 10.1 Å². The molecule has 0 saturated carbocycles. The molecule has 7 nitrogen and oxygen atoms in total. The summed E-state index contributed by atoms with van der Waals surface area (Å²) in [4.78, 5) is 37.4. The average molecular weight is 418 g/mol. The van der Waals surface area contributed by atoms with Crippen LogP contribution in [0, 0.1) is 10.1 Å². The van der Waals surface area contributed by atoms with Crippen LogP contribution in [0.25, 0.3) is 0 Å². The van der Waals surface area contributed by atoms with E-state index < -0.39 is 16.8 Å². The van der Waals surface area contributed by atoms with Crippen LogP contribution in [0.4, 0.5) is 5.69 Å². The molecular weight excluding hydrogens is 396 g/mol. The third-order valence-electron chi connectivity index (χ3n) is 5.65. The third-order valence-corrected chi connectivity index (χ3v) is 5.65. The molecule has 2 aromatic carbocycles. The highest BCUT2D eigenvalue weighted by Crippen LogP contribution is 2.45. The molecule has 0 bridgehead atoms. The van der Waals surface area contributed by atoms with Gasteiger partial charge >= 0.3 is 5.97 Å². The molecule has 31 heavy (non-hydrogen) atoms. The number of nitrogens with zero attached hydrogens (tertiary/aromatic N) is 1. The molecule has 0 radical (unpaired) electrons. The lowest BCUT2D eigenvalue weighted by Crippen LogP contribution is -2.34. The number of benzene rings is 2. The van der Waals surface area contributed by atoms with Gasteiger partial charge in [0.15, 0.2) is 5.78 Å². The number of allylic oxidation sites excluding steroid dienone is 3. The molecule has 1 N–H and O–H groups in total. The van der Waals surface area contributed by atoms with E-state index in [4.69, 9.17) is 4.74 Å². The van der Waals surface area contributed by atoms with E-state index in [1.165, 1.54) is 6.07 Å². The van der Waals surface area contributed by atoms with Crippen molar-refractivity contribution in [1.82, 2.24) is 5.32 Å². The second kappa shape index (κ2) is 8.55. The van der Waals surface area contributed by atoms with Crippen molar-refractivity contribution in [3.8, 4) is 0 Å². The van der Waals surface area contributed by atoms with Crippen LogP contribution in [0.2, 0.25) is 0 Å². The van der Waals surface area contributed by atoms with Gasteiger partial charge in [-0.1, -0.05) is 48.5 Å². The maximum atomic E-state index is 13.2. The molecule has 2 aliphatic rings. The number of dihydropyridines is 1. The summed E-state index contributed by atoms with van der Waals surface area (Å²) >= 11 is 0. The molecule has 158 valence electrons. The maximum Gasteiger partial charge on any atom is 0.337 e. The van der Waals surface area contributed by atoms with Gasteiger partial charge in [0.25, 0.3) is 5.69 Å². The van der Waals surface area contributed by atoms with E-state index >= 15 is 0 Å². The molecule has 1 unspecified atom stereocenters. The van der Waals surface area contributed by atoms with Crippen molar-refractivity contribution in [2.24, 2.45) is 0 Å². The predicted molar refractivity (Wildman–Crippen MR) is 114 cm³/mol. The van der Waals surface area contributed by atoms with Gasteiger partial charge in [-0.2, -0.15) is 0 Å². The Bertz CT molecular complexity index is 1120. The monoisotopic (exact) mass is 418 g/mol. The lowest BCUT2D eigenvalue weighted by atomic mass is 9.75. The lowest BCUT2D eigenvalue weighted by Gasteiger charge is -2.33. The Labute approximate surface area is 179 Å². The first-order valence-electron chi connectivity index (χ1n) is 10.2. The Morgan fingerprint density at radius 1 is 1.13 bits per heavy atom. The Balaban J connectivity index is 1.78. The van der Waals surface area contributed by atoms with Gasteiger partial charge in [-0.05, 0) is 25.3 Å². The molecule has 0 aromatic heterocycles. The predicted octanol–water partition coefficient (Wildman–Crippen LogP) is 4.31. The van der Waals surface area contributed by atoms with Crippen LogP contribution < -0.4 is 5.32 Å². The number of para-hydroxylation sites is 1. The van der Waals surface area contributed by atoms with E-state index in [1.54, 1.807) is 25.1 Å². The van der Waals surface area contributed by atoms with Crippen molar-refractivity contribution in [2.75, 3.05) is 0 Å². The summed E-state index contributed by atoms with van der Waals surface area (Å²) in [6.45, 7) is 1.81. The highest BCUT2D eigenvalue weighted by Gasteiger charge is 2.41. The van der Waals surface area contributed by atoms with E-state index in [0.29, 0.717) is 36.1 Å². The highest BCUT2D eigenvalue weighted by atomic mass is 16.6. The fourth-order valence-corrected chi connectivity index (χ4v) is 4.26. The first-order chi connectivity index (χ1) is 15.0. The number of Topliss-reactive ketones (excluding diaryl/α,β-unsaturated/α-hetero) is 1. The maximum absolute atomic E-state index is 13.2. The lowest BCUT2D eigenvalue weighted by molar-refractivity contribution is -0.385. The zero-order valence-corrected chi connectivity index (χ0v) is 17.1. The van der Waals surface area contributed by atoms with Crippen molar-refractivity contribution in [2.45, 2.75) is 38.7 Å². The smallest absolute Gasteiger partial charge is 0.337 e. The van der Waals surface area contributed by atoms with E-state index in [-0.39, 0.29) is 23.7 Å². The summed E-state index contributed by atoms with van der Waals surface area (Å²) in [6, 6.07) is 15.5. The van der Waals surface area contributed by atoms with E-state index in [2.05, 4.69) is 5.32 Å². The summed E-state index contributed by atoms with van der Waals surface area (Å²) in [5.74, 6) is -1.53. The molecule has 0 spiro atoms. The van der Waals surface area contributed by atoms with Crippen molar-refractivity contribution in [3.63, 3.8) is 0 Å². The molecule has 1 aliphatic carbocycles. The molecule has 7 heteroatoms. The average Bonchev–Trinajstić information content (AvgIpc) is 2.77. The van der Waals surface area contributed by atoms with Crippen molar-refractivity contribution >= 4 is 17.4 Å². The largest absolute Gasteiger partial charge is 0.457 e. The number of nitro benzene ring substituents is 1. The van der Waals surface area contributed by atoms with Gasteiger partial charge in [0, 0.05) is 35.0 Å². The summed E-state index contributed by atoms with van der Waals surface area (Å²) < 4.78 is 5.56. The van der Waals surface area contributed by atoms with Crippen molar-refractivity contribution in [3.05, 3.63) is 98.4 Å². The summed E-state index contributed by atoms with van der Waals surface area (Å²) in [6.07, 6.45) is 1.71. The minimum Gasteiger partial charge on any atom is -0.457 e. The van der Waals surface area contributed by atoms with Gasteiger partial charge in [-0.25, -0.2) is 4.79 Å². The molecule has 4 rings (SSSR count). The van der Waals surface area contributed by atoms with Gasteiger partial charge in [0.2, 0.25) is 0 Å². The van der Waals surface area contributed by atoms with Crippen LogP contribution in [0.3, 0.4) is 0 Å². The molecule has 1 heterocycles. The first kappa shape index (κ1) is 20.5. The topological polar surface area (TPSA) is 98.5 Å². The van der Waals surface area contributed by atoms with Crippen LogP contribution in [-0.2, 0) is 20.9 Å². The fourth-order valence-electron chi connectivity index (χ4n) is 4.26. The van der Waals surface area contributed by atoms with Gasteiger partial charge in [0.05, 0.1) is 16.4 Å². The van der Waals surface area contributed by atoms with E-state index in [0.717, 1.165) is 11.3 Å². The second-order valence-electron chi connectivity index (χ2n) is 7.64. The van der Waals surface area contributed by atoms with Crippen LogP contribution in [-0.4, -0.2) is 16.7 Å². The highest BCUT2D eigenvalue weighted by molar-refractivity contribution is 6.04. The Hall–Kier alpha value is -3.74. The molecular formula is C24H22N2O5. The molecule has 0 amide bonds. The van der Waals surface area contributed by atoms with Crippen LogP contribution in [0.1, 0.15) is 43.2 Å². The summed E-state index contributed by atoms with van der Waals surface area (Å²) in [5, 5.41) is 14.9.